The van der Waals surface area contributed by atoms with E-state index in [1.807, 2.05) is 13.0 Å². The molecule has 1 saturated carbocycles. The third-order valence-corrected chi connectivity index (χ3v) is 3.24. The molecule has 0 bridgehead atoms. The van der Waals surface area contributed by atoms with Gasteiger partial charge in [-0.05, 0) is 37.8 Å². The highest BCUT2D eigenvalue weighted by Gasteiger charge is 2.29. The topological polar surface area (TPSA) is 58.6 Å². The Labute approximate surface area is 107 Å². The van der Waals surface area contributed by atoms with Crippen LogP contribution in [0.2, 0.25) is 0 Å². The lowest BCUT2D eigenvalue weighted by Gasteiger charge is -2.13. The summed E-state index contributed by atoms with van der Waals surface area (Å²) < 4.78 is 5.16. The second-order valence-corrected chi connectivity index (χ2v) is 4.82. The van der Waals surface area contributed by atoms with Crippen LogP contribution >= 0.6 is 0 Å². The van der Waals surface area contributed by atoms with E-state index in [0.717, 1.165) is 18.4 Å². The summed E-state index contributed by atoms with van der Waals surface area (Å²) in [7, 11) is 1.54. The van der Waals surface area contributed by atoms with E-state index >= 15 is 0 Å². The van der Waals surface area contributed by atoms with Crippen LogP contribution in [0.1, 0.15) is 28.8 Å². The maximum absolute atomic E-state index is 12.0. The zero-order valence-corrected chi connectivity index (χ0v) is 10.8. The highest BCUT2D eigenvalue weighted by molar-refractivity contribution is 5.97. The molecule has 1 aromatic carbocycles. The summed E-state index contributed by atoms with van der Waals surface area (Å²) in [6.07, 6.45) is 1.69. The van der Waals surface area contributed by atoms with Crippen molar-refractivity contribution in [2.24, 2.45) is 5.92 Å². The molecule has 2 N–H and O–H groups in total. The Bertz CT molecular complexity index is 441. The molecular formula is C14H19NO3. The lowest BCUT2D eigenvalue weighted by Crippen LogP contribution is -2.33. The van der Waals surface area contributed by atoms with Gasteiger partial charge < -0.3 is 15.2 Å². The number of ether oxygens (including phenoxy) is 1. The number of carbonyl (C=O) groups excluding carboxylic acids is 1. The van der Waals surface area contributed by atoms with Gasteiger partial charge in [0.1, 0.15) is 5.75 Å². The van der Waals surface area contributed by atoms with Crippen molar-refractivity contribution in [1.82, 2.24) is 5.32 Å². The average molecular weight is 249 g/mol. The van der Waals surface area contributed by atoms with Crippen molar-refractivity contribution >= 4 is 5.91 Å². The molecule has 1 atom stereocenters. The third kappa shape index (κ3) is 3.01. The van der Waals surface area contributed by atoms with E-state index < -0.39 is 6.10 Å². The van der Waals surface area contributed by atoms with E-state index in [4.69, 9.17) is 4.74 Å². The van der Waals surface area contributed by atoms with Gasteiger partial charge in [0, 0.05) is 6.54 Å². The van der Waals surface area contributed by atoms with Gasteiger partial charge in [-0.1, -0.05) is 11.6 Å². The van der Waals surface area contributed by atoms with Crippen molar-refractivity contribution in [1.29, 1.82) is 0 Å². The Morgan fingerprint density at radius 2 is 2.28 bits per heavy atom. The minimum absolute atomic E-state index is 0.199. The molecule has 0 heterocycles. The molecule has 1 unspecified atom stereocenters. The Balaban J connectivity index is 2.00. The predicted molar refractivity (Wildman–Crippen MR) is 68.8 cm³/mol. The average Bonchev–Trinajstić information content (AvgIpc) is 3.19. The predicted octanol–water partition coefficient (Wildman–Crippen LogP) is 1.50. The first-order valence-electron chi connectivity index (χ1n) is 6.22. The van der Waals surface area contributed by atoms with Crippen LogP contribution in [-0.4, -0.2) is 30.8 Å². The van der Waals surface area contributed by atoms with E-state index in [2.05, 4.69) is 5.32 Å². The fourth-order valence-corrected chi connectivity index (χ4v) is 1.94. The number of hydrogen-bond donors (Lipinski definition) is 2. The van der Waals surface area contributed by atoms with Gasteiger partial charge in [-0.3, -0.25) is 4.79 Å². The molecule has 98 valence electrons. The van der Waals surface area contributed by atoms with Crippen molar-refractivity contribution in [3.8, 4) is 5.75 Å². The Morgan fingerprint density at radius 3 is 2.89 bits per heavy atom. The van der Waals surface area contributed by atoms with Gasteiger partial charge in [0.25, 0.3) is 5.91 Å². The molecule has 0 aliphatic heterocycles. The summed E-state index contributed by atoms with van der Waals surface area (Å²) in [4.78, 5) is 12.0. The molecule has 0 aromatic heterocycles. The smallest absolute Gasteiger partial charge is 0.255 e. The van der Waals surface area contributed by atoms with E-state index in [1.54, 1.807) is 19.2 Å². The summed E-state index contributed by atoms with van der Waals surface area (Å²) in [6.45, 7) is 2.23. The number of nitrogens with one attached hydrogen (secondary N) is 1. The van der Waals surface area contributed by atoms with Crippen LogP contribution in [0.3, 0.4) is 0 Å². The van der Waals surface area contributed by atoms with Crippen LogP contribution in [0.15, 0.2) is 18.2 Å². The fourth-order valence-electron chi connectivity index (χ4n) is 1.94. The van der Waals surface area contributed by atoms with Crippen LogP contribution in [0.4, 0.5) is 0 Å². The molecule has 1 fully saturated rings. The maximum atomic E-state index is 12.0. The fraction of sp³-hybridized carbons (Fsp3) is 0.500. The standard InChI is InChI=1S/C14H19NO3/c1-9-3-6-13(18-2)11(7-9)14(17)15-8-12(16)10-4-5-10/h3,6-7,10,12,16H,4-5,8H2,1-2H3,(H,15,17). The number of methoxy groups -OCH3 is 1. The first-order chi connectivity index (χ1) is 8.61. The minimum atomic E-state index is -0.426. The highest BCUT2D eigenvalue weighted by atomic mass is 16.5. The number of hydrogen-bond acceptors (Lipinski definition) is 3. The van der Waals surface area contributed by atoms with Gasteiger partial charge in [-0.2, -0.15) is 0 Å². The Hall–Kier alpha value is -1.55. The second kappa shape index (κ2) is 5.40. The van der Waals surface area contributed by atoms with Crippen LogP contribution in [0.5, 0.6) is 5.75 Å². The highest BCUT2D eigenvalue weighted by Crippen LogP contribution is 2.32. The molecule has 1 aromatic rings. The third-order valence-electron chi connectivity index (χ3n) is 3.24. The number of aliphatic hydroxyl groups is 1. The number of aryl methyl sites for hydroxylation is 1. The lowest BCUT2D eigenvalue weighted by molar-refractivity contribution is 0.0898. The van der Waals surface area contributed by atoms with E-state index in [1.165, 1.54) is 0 Å². The number of carbonyl (C=O) groups is 1. The zero-order valence-electron chi connectivity index (χ0n) is 10.8. The van der Waals surface area contributed by atoms with Crippen LogP contribution < -0.4 is 10.1 Å². The van der Waals surface area contributed by atoms with Crippen LogP contribution in [0.25, 0.3) is 0 Å². The molecule has 2 rings (SSSR count). The van der Waals surface area contributed by atoms with Gasteiger partial charge in [-0.25, -0.2) is 0 Å². The lowest BCUT2D eigenvalue weighted by atomic mass is 10.1. The van der Waals surface area contributed by atoms with Crippen molar-refractivity contribution in [3.63, 3.8) is 0 Å². The second-order valence-electron chi connectivity index (χ2n) is 4.82. The molecule has 0 saturated heterocycles. The molecule has 0 radical (unpaired) electrons. The number of amides is 1. The van der Waals surface area contributed by atoms with Crippen LogP contribution in [-0.2, 0) is 0 Å². The summed E-state index contributed by atoms with van der Waals surface area (Å²) in [5, 5.41) is 12.5. The van der Waals surface area contributed by atoms with E-state index in [-0.39, 0.29) is 5.91 Å². The molecule has 18 heavy (non-hydrogen) atoms. The Morgan fingerprint density at radius 1 is 1.56 bits per heavy atom. The first-order valence-corrected chi connectivity index (χ1v) is 6.22. The molecule has 4 nitrogen and oxygen atoms in total. The SMILES string of the molecule is COc1ccc(C)cc1C(=O)NCC(O)C1CC1. The summed E-state index contributed by atoms with van der Waals surface area (Å²) in [5.41, 5.74) is 1.52. The normalized spacial score (nSPS) is 16.2. The summed E-state index contributed by atoms with van der Waals surface area (Å²) in [5.74, 6) is 0.721. The molecular weight excluding hydrogens is 230 g/mol. The largest absolute Gasteiger partial charge is 0.496 e. The van der Waals surface area contributed by atoms with Gasteiger partial charge in [0.05, 0.1) is 18.8 Å². The van der Waals surface area contributed by atoms with Crippen molar-refractivity contribution in [2.75, 3.05) is 13.7 Å². The van der Waals surface area contributed by atoms with Crippen LogP contribution in [0, 0.1) is 12.8 Å². The van der Waals surface area contributed by atoms with E-state index in [0.29, 0.717) is 23.8 Å². The first kappa shape index (κ1) is 12.9. The molecule has 1 amide bonds. The molecule has 1 aliphatic carbocycles. The van der Waals surface area contributed by atoms with Crippen molar-refractivity contribution < 1.29 is 14.6 Å². The van der Waals surface area contributed by atoms with Gasteiger partial charge in [0.2, 0.25) is 0 Å². The quantitative estimate of drug-likeness (QED) is 0.831. The van der Waals surface area contributed by atoms with Crippen molar-refractivity contribution in [2.45, 2.75) is 25.9 Å². The number of aliphatic hydroxyl groups excluding tert-OH is 1. The maximum Gasteiger partial charge on any atom is 0.255 e. The number of rotatable bonds is 5. The Kier molecular flexibility index (Phi) is 3.87. The van der Waals surface area contributed by atoms with Gasteiger partial charge in [-0.15, -0.1) is 0 Å². The molecule has 4 heteroatoms. The summed E-state index contributed by atoms with van der Waals surface area (Å²) >= 11 is 0. The van der Waals surface area contributed by atoms with Crippen molar-refractivity contribution in [3.05, 3.63) is 29.3 Å². The number of benzene rings is 1. The van der Waals surface area contributed by atoms with Gasteiger partial charge >= 0.3 is 0 Å². The monoisotopic (exact) mass is 249 g/mol. The van der Waals surface area contributed by atoms with Gasteiger partial charge in [0.15, 0.2) is 0 Å². The molecule has 0 spiro atoms. The minimum Gasteiger partial charge on any atom is -0.496 e. The van der Waals surface area contributed by atoms with E-state index in [9.17, 15) is 9.90 Å². The molecule has 1 aliphatic rings. The zero-order chi connectivity index (χ0) is 13.1. The summed E-state index contributed by atoms with van der Waals surface area (Å²) in [6, 6.07) is 5.47.